The van der Waals surface area contributed by atoms with Gasteiger partial charge in [-0.25, -0.2) is 9.97 Å². The zero-order valence-electron chi connectivity index (χ0n) is 25.0. The van der Waals surface area contributed by atoms with Gasteiger partial charge >= 0.3 is 6.18 Å². The van der Waals surface area contributed by atoms with Gasteiger partial charge in [0.2, 0.25) is 17.7 Å². The first-order chi connectivity index (χ1) is 21.7. The summed E-state index contributed by atoms with van der Waals surface area (Å²) in [5.41, 5.74) is 1.25. The van der Waals surface area contributed by atoms with Crippen molar-refractivity contribution in [1.82, 2.24) is 25.2 Å². The van der Waals surface area contributed by atoms with Crippen LogP contribution in [0, 0.1) is 0 Å². The number of halogens is 3. The SMILES string of the molecule is CCOc1ncccc1-c1ccc2c(n1)CN([C@H]1CCNC1)C(=O)C21CCN(c2ccc(OC)nc2C(F)(F)F)CC1.O=CO. The molecule has 6 heterocycles. The van der Waals surface area contributed by atoms with Gasteiger partial charge in [0.1, 0.15) is 0 Å². The monoisotopic (exact) mass is 628 g/mol. The van der Waals surface area contributed by atoms with Gasteiger partial charge in [0.05, 0.1) is 48.3 Å². The summed E-state index contributed by atoms with van der Waals surface area (Å²) in [6, 6.07) is 10.5. The minimum atomic E-state index is -4.65. The van der Waals surface area contributed by atoms with Crippen LogP contribution in [0.5, 0.6) is 11.8 Å². The molecule has 3 aromatic rings. The van der Waals surface area contributed by atoms with E-state index in [2.05, 4.69) is 15.3 Å². The third kappa shape index (κ3) is 6.23. The third-order valence-corrected chi connectivity index (χ3v) is 8.57. The Hall–Kier alpha value is -4.46. The van der Waals surface area contributed by atoms with E-state index in [9.17, 15) is 18.0 Å². The molecule has 0 aliphatic carbocycles. The van der Waals surface area contributed by atoms with Crippen molar-refractivity contribution in [3.63, 3.8) is 0 Å². The van der Waals surface area contributed by atoms with Gasteiger partial charge in [-0.1, -0.05) is 6.07 Å². The lowest BCUT2D eigenvalue weighted by molar-refractivity contribution is -0.143. The van der Waals surface area contributed by atoms with E-state index in [4.69, 9.17) is 24.4 Å². The van der Waals surface area contributed by atoms with Crippen LogP contribution >= 0.6 is 0 Å². The Labute approximate surface area is 258 Å². The molecule has 45 heavy (non-hydrogen) atoms. The average molecular weight is 629 g/mol. The fraction of sp³-hybridized carbons (Fsp3) is 0.452. The van der Waals surface area contributed by atoms with Gasteiger partial charge in [0.15, 0.2) is 5.69 Å². The Morgan fingerprint density at radius 1 is 1.16 bits per heavy atom. The number of carbonyl (C=O) groups excluding carboxylic acids is 1. The molecule has 0 saturated carbocycles. The first kappa shape index (κ1) is 31.9. The van der Waals surface area contributed by atoms with Crippen LogP contribution in [0.4, 0.5) is 18.9 Å². The van der Waals surface area contributed by atoms with Gasteiger partial charge in [-0.2, -0.15) is 13.2 Å². The molecule has 2 fully saturated rings. The molecule has 3 aromatic heterocycles. The van der Waals surface area contributed by atoms with Crippen molar-refractivity contribution < 1.29 is 37.3 Å². The minimum absolute atomic E-state index is 0.00742. The smallest absolute Gasteiger partial charge is 0.435 e. The highest BCUT2D eigenvalue weighted by Crippen LogP contribution is 2.46. The molecule has 1 spiro atoms. The molecule has 0 unspecified atom stereocenters. The number of amides is 1. The van der Waals surface area contributed by atoms with E-state index in [1.54, 1.807) is 11.1 Å². The predicted molar refractivity (Wildman–Crippen MR) is 158 cm³/mol. The number of piperidine rings is 1. The molecule has 0 aromatic carbocycles. The molecule has 11 nitrogen and oxygen atoms in total. The van der Waals surface area contributed by atoms with E-state index >= 15 is 0 Å². The highest BCUT2D eigenvalue weighted by Gasteiger charge is 2.52. The lowest BCUT2D eigenvalue weighted by atomic mass is 9.68. The number of ether oxygens (including phenoxy) is 2. The number of hydrogen-bond acceptors (Lipinski definition) is 9. The second kappa shape index (κ2) is 13.3. The number of anilines is 1. The van der Waals surface area contributed by atoms with Crippen LogP contribution in [0.25, 0.3) is 11.3 Å². The van der Waals surface area contributed by atoms with Crippen molar-refractivity contribution in [2.75, 3.05) is 44.8 Å². The molecular formula is C31H35F3N6O5. The summed E-state index contributed by atoms with van der Waals surface area (Å²) < 4.78 is 52.6. The molecule has 14 heteroatoms. The number of rotatable bonds is 6. The topological polar surface area (TPSA) is 130 Å². The van der Waals surface area contributed by atoms with Crippen molar-refractivity contribution in [2.45, 2.75) is 50.4 Å². The number of alkyl halides is 3. The Bertz CT molecular complexity index is 1520. The van der Waals surface area contributed by atoms with Crippen molar-refractivity contribution in [3.05, 3.63) is 59.5 Å². The van der Waals surface area contributed by atoms with Crippen LogP contribution in [0.2, 0.25) is 0 Å². The zero-order valence-corrected chi connectivity index (χ0v) is 25.0. The third-order valence-electron chi connectivity index (χ3n) is 8.57. The van der Waals surface area contributed by atoms with Gasteiger partial charge in [-0.05, 0) is 62.6 Å². The molecule has 2 saturated heterocycles. The summed E-state index contributed by atoms with van der Waals surface area (Å²) in [6.07, 6.45) is -1.42. The van der Waals surface area contributed by atoms with Gasteiger partial charge in [-0.15, -0.1) is 0 Å². The molecule has 6 rings (SSSR count). The van der Waals surface area contributed by atoms with E-state index in [-0.39, 0.29) is 43.1 Å². The highest BCUT2D eigenvalue weighted by molar-refractivity contribution is 5.91. The van der Waals surface area contributed by atoms with E-state index in [0.29, 0.717) is 44.1 Å². The van der Waals surface area contributed by atoms with Gasteiger partial charge in [0, 0.05) is 37.9 Å². The number of hydrogen-bond donors (Lipinski definition) is 2. The molecule has 3 aliphatic heterocycles. The molecule has 1 amide bonds. The minimum Gasteiger partial charge on any atom is -0.483 e. The lowest BCUT2D eigenvalue weighted by Crippen LogP contribution is -2.58. The van der Waals surface area contributed by atoms with Crippen molar-refractivity contribution >= 4 is 18.1 Å². The van der Waals surface area contributed by atoms with E-state index < -0.39 is 17.3 Å². The number of methoxy groups -OCH3 is 1. The molecule has 0 radical (unpaired) electrons. The largest absolute Gasteiger partial charge is 0.483 e. The Morgan fingerprint density at radius 3 is 2.56 bits per heavy atom. The van der Waals surface area contributed by atoms with Crippen LogP contribution in [0.15, 0.2) is 42.6 Å². The van der Waals surface area contributed by atoms with E-state index in [0.717, 1.165) is 29.8 Å². The number of nitrogens with one attached hydrogen (secondary N) is 1. The van der Waals surface area contributed by atoms with E-state index in [1.165, 1.54) is 19.2 Å². The van der Waals surface area contributed by atoms with Crippen LogP contribution in [0.1, 0.15) is 43.1 Å². The van der Waals surface area contributed by atoms with Crippen LogP contribution in [0.3, 0.4) is 0 Å². The number of nitrogens with zero attached hydrogens (tertiary/aromatic N) is 5. The second-order valence-corrected chi connectivity index (χ2v) is 11.0. The first-order valence-corrected chi connectivity index (χ1v) is 14.7. The molecule has 0 bridgehead atoms. The number of carbonyl (C=O) groups is 2. The number of fused-ring (bicyclic) bond motifs is 2. The number of aromatic nitrogens is 3. The van der Waals surface area contributed by atoms with Gasteiger partial charge in [0.25, 0.3) is 6.47 Å². The Balaban J connectivity index is 0.00000128. The molecule has 2 N–H and O–H groups in total. The number of pyridine rings is 3. The fourth-order valence-electron chi connectivity index (χ4n) is 6.49. The van der Waals surface area contributed by atoms with Crippen molar-refractivity contribution in [3.8, 4) is 23.0 Å². The maximum atomic E-state index is 14.3. The Kier molecular flexibility index (Phi) is 9.42. The quantitative estimate of drug-likeness (QED) is 0.388. The fourth-order valence-corrected chi connectivity index (χ4v) is 6.49. The summed E-state index contributed by atoms with van der Waals surface area (Å²) in [4.78, 5) is 39.4. The average Bonchev–Trinajstić information content (AvgIpc) is 3.58. The van der Waals surface area contributed by atoms with Gasteiger partial charge in [-0.3, -0.25) is 14.6 Å². The standard InChI is InChI=1S/C30H33F3N6O3.CH2O2/c1-3-42-27-20(5-4-13-35-27)22-7-6-21-23(36-22)18-39(19-10-14-34-17-19)28(40)29(21)11-15-38(16-12-29)24-8-9-25(41-2)37-26(24)30(31,32)33;2-1-3/h4-9,13,19,34H,3,10-12,14-18H2,1-2H3;1H,(H,2,3)/t19-;/m0./s1. The van der Waals surface area contributed by atoms with E-state index in [1.807, 2.05) is 36.1 Å². The zero-order chi connectivity index (χ0) is 32.2. The molecular weight excluding hydrogens is 593 g/mol. The van der Waals surface area contributed by atoms with Crippen LogP contribution in [-0.4, -0.2) is 83.3 Å². The van der Waals surface area contributed by atoms with Crippen molar-refractivity contribution in [2.24, 2.45) is 0 Å². The summed E-state index contributed by atoms with van der Waals surface area (Å²) in [5.74, 6) is 0.422. The summed E-state index contributed by atoms with van der Waals surface area (Å²) in [5, 5.41) is 10.2. The molecule has 1 atom stereocenters. The summed E-state index contributed by atoms with van der Waals surface area (Å²) in [7, 11) is 1.29. The maximum Gasteiger partial charge on any atom is 0.435 e. The molecule has 3 aliphatic rings. The maximum absolute atomic E-state index is 14.3. The van der Waals surface area contributed by atoms with Crippen LogP contribution in [-0.2, 0) is 27.7 Å². The summed E-state index contributed by atoms with van der Waals surface area (Å²) >= 11 is 0. The van der Waals surface area contributed by atoms with Gasteiger partial charge < -0.3 is 29.7 Å². The normalized spacial score (nSPS) is 19.0. The highest BCUT2D eigenvalue weighted by atomic mass is 19.4. The second-order valence-electron chi connectivity index (χ2n) is 11.0. The van der Waals surface area contributed by atoms with Crippen LogP contribution < -0.4 is 19.7 Å². The number of carboxylic acid groups (broad SMARTS) is 1. The Morgan fingerprint density at radius 2 is 1.91 bits per heavy atom. The summed E-state index contributed by atoms with van der Waals surface area (Å²) in [6.45, 7) is 4.54. The van der Waals surface area contributed by atoms with Crippen molar-refractivity contribution in [1.29, 1.82) is 0 Å². The first-order valence-electron chi connectivity index (χ1n) is 14.7. The molecule has 240 valence electrons. The lowest BCUT2D eigenvalue weighted by Gasteiger charge is -2.49. The predicted octanol–water partition coefficient (Wildman–Crippen LogP) is 3.91.